The molecule has 1 amide bonds. The van der Waals surface area contributed by atoms with E-state index < -0.39 is 0 Å². The minimum Gasteiger partial charge on any atom is -0.383 e. The monoisotopic (exact) mass is 250 g/mol. The topological polar surface area (TPSA) is 80.0 Å². The van der Waals surface area contributed by atoms with Crippen LogP contribution in [0.1, 0.15) is 31.3 Å². The molecule has 1 rings (SSSR count). The van der Waals surface area contributed by atoms with E-state index in [9.17, 15) is 4.79 Å². The van der Waals surface area contributed by atoms with Gasteiger partial charge in [-0.2, -0.15) is 0 Å². The first kappa shape index (κ1) is 14.4. The summed E-state index contributed by atoms with van der Waals surface area (Å²) in [6.45, 7) is 7.31. The number of carbonyl (C=O) groups is 1. The second kappa shape index (κ2) is 6.96. The number of nitrogens with two attached hydrogens (primary N) is 1. The Balaban J connectivity index is 2.62. The van der Waals surface area contributed by atoms with E-state index in [4.69, 9.17) is 5.73 Å². The van der Waals surface area contributed by atoms with Crippen LogP contribution in [-0.4, -0.2) is 30.0 Å². The fourth-order valence-corrected chi connectivity index (χ4v) is 1.39. The van der Waals surface area contributed by atoms with Gasteiger partial charge in [0.1, 0.15) is 5.69 Å². The predicted molar refractivity (Wildman–Crippen MR) is 73.5 cm³/mol. The molecule has 0 spiro atoms. The van der Waals surface area contributed by atoms with Crippen molar-refractivity contribution >= 4 is 11.6 Å². The van der Waals surface area contributed by atoms with Gasteiger partial charge in [-0.05, 0) is 25.0 Å². The van der Waals surface area contributed by atoms with Crippen molar-refractivity contribution in [2.45, 2.75) is 26.8 Å². The van der Waals surface area contributed by atoms with Crippen molar-refractivity contribution in [2.75, 3.05) is 18.4 Å². The summed E-state index contributed by atoms with van der Waals surface area (Å²) in [6, 6.07) is 3.65. The Morgan fingerprint density at radius 1 is 1.50 bits per heavy atom. The quantitative estimate of drug-likeness (QED) is 0.709. The Morgan fingerprint density at radius 3 is 2.83 bits per heavy atom. The highest BCUT2D eigenvalue weighted by Gasteiger charge is 2.09. The zero-order chi connectivity index (χ0) is 13.5. The smallest absolute Gasteiger partial charge is 0.269 e. The maximum atomic E-state index is 11.6. The lowest BCUT2D eigenvalue weighted by Crippen LogP contribution is -2.34. The number of carbonyl (C=O) groups excluding carboxylic acids is 1. The number of hydrogen-bond donors (Lipinski definition) is 3. The number of amides is 1. The first-order valence-electron chi connectivity index (χ1n) is 6.28. The van der Waals surface area contributed by atoms with Crippen LogP contribution in [-0.2, 0) is 0 Å². The average Bonchev–Trinajstić information content (AvgIpc) is 2.36. The molecule has 5 nitrogen and oxygen atoms in total. The third-order valence-corrected chi connectivity index (χ3v) is 2.73. The first-order chi connectivity index (χ1) is 8.54. The van der Waals surface area contributed by atoms with Gasteiger partial charge in [0.2, 0.25) is 0 Å². The van der Waals surface area contributed by atoms with E-state index in [0.717, 1.165) is 5.69 Å². The minimum atomic E-state index is -0.158. The van der Waals surface area contributed by atoms with Gasteiger partial charge in [-0.1, -0.05) is 13.8 Å². The molecule has 1 aromatic rings. The molecule has 0 bridgehead atoms. The van der Waals surface area contributed by atoms with Crippen LogP contribution in [0.15, 0.2) is 18.3 Å². The summed E-state index contributed by atoms with van der Waals surface area (Å²) < 4.78 is 0. The molecule has 4 N–H and O–H groups in total. The third kappa shape index (κ3) is 4.33. The molecule has 18 heavy (non-hydrogen) atoms. The molecule has 0 radical (unpaired) electrons. The molecule has 0 saturated carbocycles. The van der Waals surface area contributed by atoms with Gasteiger partial charge in [-0.25, -0.2) is 0 Å². The summed E-state index contributed by atoms with van der Waals surface area (Å²) in [5.41, 5.74) is 7.23. The molecule has 1 heterocycles. The molecular weight excluding hydrogens is 228 g/mol. The maximum Gasteiger partial charge on any atom is 0.269 e. The van der Waals surface area contributed by atoms with Gasteiger partial charge in [0.25, 0.3) is 5.91 Å². The second-order valence-corrected chi connectivity index (χ2v) is 4.58. The number of rotatable bonds is 6. The van der Waals surface area contributed by atoms with Crippen molar-refractivity contribution in [1.82, 2.24) is 10.3 Å². The Hall–Kier alpha value is -1.62. The van der Waals surface area contributed by atoms with Gasteiger partial charge >= 0.3 is 0 Å². The van der Waals surface area contributed by atoms with Crippen molar-refractivity contribution in [1.29, 1.82) is 0 Å². The molecule has 100 valence electrons. The van der Waals surface area contributed by atoms with Crippen LogP contribution < -0.4 is 16.4 Å². The number of hydrogen-bond acceptors (Lipinski definition) is 4. The molecule has 0 aliphatic heterocycles. The Morgan fingerprint density at radius 2 is 2.22 bits per heavy atom. The summed E-state index contributed by atoms with van der Waals surface area (Å²) >= 11 is 0. The normalized spacial score (nSPS) is 12.3. The summed E-state index contributed by atoms with van der Waals surface area (Å²) in [5, 5.41) is 5.94. The lowest BCUT2D eigenvalue weighted by Gasteiger charge is -2.17. The van der Waals surface area contributed by atoms with Crippen molar-refractivity contribution in [2.24, 2.45) is 11.7 Å². The summed E-state index contributed by atoms with van der Waals surface area (Å²) in [4.78, 5) is 15.7. The van der Waals surface area contributed by atoms with E-state index in [1.54, 1.807) is 12.3 Å². The Bertz CT molecular complexity index is 392. The summed E-state index contributed by atoms with van der Waals surface area (Å²) in [6.07, 6.45) is 1.62. The van der Waals surface area contributed by atoms with E-state index in [1.165, 1.54) is 0 Å². The van der Waals surface area contributed by atoms with Gasteiger partial charge in [0.05, 0.1) is 0 Å². The highest BCUT2D eigenvalue weighted by molar-refractivity contribution is 5.93. The van der Waals surface area contributed by atoms with Crippen LogP contribution in [0.3, 0.4) is 0 Å². The largest absolute Gasteiger partial charge is 0.383 e. The fourth-order valence-electron chi connectivity index (χ4n) is 1.39. The summed E-state index contributed by atoms with van der Waals surface area (Å²) in [5.74, 6) is 0.261. The fraction of sp³-hybridized carbons (Fsp3) is 0.538. The molecule has 0 fully saturated rings. The van der Waals surface area contributed by atoms with Gasteiger partial charge in [0.15, 0.2) is 0 Å². The second-order valence-electron chi connectivity index (χ2n) is 4.58. The van der Waals surface area contributed by atoms with E-state index in [1.807, 2.05) is 13.0 Å². The number of aromatic nitrogens is 1. The van der Waals surface area contributed by atoms with Crippen LogP contribution >= 0.6 is 0 Å². The van der Waals surface area contributed by atoms with Crippen LogP contribution in [0.2, 0.25) is 0 Å². The number of pyridine rings is 1. The van der Waals surface area contributed by atoms with Gasteiger partial charge in [-0.15, -0.1) is 0 Å². The van der Waals surface area contributed by atoms with Crippen molar-refractivity contribution in [3.63, 3.8) is 0 Å². The van der Waals surface area contributed by atoms with Crippen molar-refractivity contribution < 1.29 is 4.79 Å². The van der Waals surface area contributed by atoms with E-state index in [0.29, 0.717) is 24.7 Å². The van der Waals surface area contributed by atoms with Gasteiger partial charge in [0, 0.05) is 31.0 Å². The van der Waals surface area contributed by atoms with Crippen LogP contribution in [0.25, 0.3) is 0 Å². The lowest BCUT2D eigenvalue weighted by molar-refractivity contribution is 0.0951. The molecule has 0 aromatic carbocycles. The van der Waals surface area contributed by atoms with Gasteiger partial charge in [-0.3, -0.25) is 9.78 Å². The third-order valence-electron chi connectivity index (χ3n) is 2.73. The molecule has 5 heteroatoms. The van der Waals surface area contributed by atoms with Crippen molar-refractivity contribution in [3.8, 4) is 0 Å². The van der Waals surface area contributed by atoms with E-state index >= 15 is 0 Å². The average molecular weight is 250 g/mol. The Kier molecular flexibility index (Phi) is 5.58. The minimum absolute atomic E-state index is 0.0890. The van der Waals surface area contributed by atoms with Crippen molar-refractivity contribution in [3.05, 3.63) is 24.0 Å². The number of anilines is 1. The predicted octanol–water partition coefficient (Wildman–Crippen LogP) is 1.23. The highest BCUT2D eigenvalue weighted by Crippen LogP contribution is 2.09. The highest BCUT2D eigenvalue weighted by atomic mass is 16.1. The molecule has 0 aliphatic rings. The van der Waals surface area contributed by atoms with Crippen LogP contribution in [0.4, 0.5) is 5.69 Å². The lowest BCUT2D eigenvalue weighted by atomic mass is 10.1. The SMILES string of the molecule is CCNC(=O)c1cc(NCC(N)C(C)C)ccn1. The molecular formula is C13H22N4O. The molecule has 1 aromatic heterocycles. The molecule has 1 unspecified atom stereocenters. The first-order valence-corrected chi connectivity index (χ1v) is 6.28. The molecule has 1 atom stereocenters. The number of nitrogens with zero attached hydrogens (tertiary/aromatic N) is 1. The zero-order valence-electron chi connectivity index (χ0n) is 11.2. The maximum absolute atomic E-state index is 11.6. The van der Waals surface area contributed by atoms with Crippen LogP contribution in [0, 0.1) is 5.92 Å². The van der Waals surface area contributed by atoms with Gasteiger partial charge < -0.3 is 16.4 Å². The van der Waals surface area contributed by atoms with E-state index in [-0.39, 0.29) is 11.9 Å². The molecule has 0 aliphatic carbocycles. The zero-order valence-corrected chi connectivity index (χ0v) is 11.2. The van der Waals surface area contributed by atoms with E-state index in [2.05, 4.69) is 29.5 Å². The van der Waals surface area contributed by atoms with Crippen LogP contribution in [0.5, 0.6) is 0 Å². The number of nitrogens with one attached hydrogen (secondary N) is 2. The standard InChI is InChI=1S/C13H22N4O/c1-4-15-13(18)12-7-10(5-6-16-12)17-8-11(14)9(2)3/h5-7,9,11H,4,8,14H2,1-3H3,(H,15,18)(H,16,17). The Labute approximate surface area is 108 Å². The summed E-state index contributed by atoms with van der Waals surface area (Å²) in [7, 11) is 0. The molecule has 0 saturated heterocycles.